The lowest BCUT2D eigenvalue weighted by Crippen LogP contribution is -2.60. The Morgan fingerprint density at radius 1 is 0.762 bits per heavy atom. The third kappa shape index (κ3) is 5.42. The van der Waals surface area contributed by atoms with Gasteiger partial charge in [0, 0.05) is 24.3 Å². The first-order chi connectivity index (χ1) is 19.9. The molecule has 10 N–H and O–H groups in total. The van der Waals surface area contributed by atoms with E-state index in [0.29, 0.717) is 0 Å². The van der Waals surface area contributed by atoms with E-state index in [9.17, 15) is 55.9 Å². The number of hydrogen-bond donors (Lipinski definition) is 10. The minimum atomic E-state index is -1.77. The van der Waals surface area contributed by atoms with Gasteiger partial charge >= 0.3 is 0 Å². The fraction of sp³-hybridized carbons (Fsp3) is 0.423. The number of fused-ring (bicyclic) bond motifs is 1. The molecule has 2 aliphatic rings. The van der Waals surface area contributed by atoms with Gasteiger partial charge in [-0.05, 0) is 6.07 Å². The van der Waals surface area contributed by atoms with Crippen molar-refractivity contribution in [2.45, 2.75) is 55.3 Å². The molecule has 2 fully saturated rings. The van der Waals surface area contributed by atoms with Crippen molar-refractivity contribution in [3.05, 3.63) is 40.6 Å². The third-order valence-corrected chi connectivity index (χ3v) is 6.92. The minimum absolute atomic E-state index is 0.138. The Kier molecular flexibility index (Phi) is 8.17. The maximum absolute atomic E-state index is 13.0. The zero-order chi connectivity index (χ0) is 30.5. The lowest BCUT2D eigenvalue weighted by atomic mass is 9.99. The molecule has 42 heavy (non-hydrogen) atoms. The molecule has 3 heterocycles. The van der Waals surface area contributed by atoms with Gasteiger partial charge in [0.25, 0.3) is 0 Å². The molecule has 0 saturated carbocycles. The van der Waals surface area contributed by atoms with Crippen LogP contribution in [0.4, 0.5) is 0 Å². The molecule has 2 saturated heterocycles. The van der Waals surface area contributed by atoms with Crippen molar-refractivity contribution in [2.75, 3.05) is 13.2 Å². The predicted molar refractivity (Wildman–Crippen MR) is 136 cm³/mol. The van der Waals surface area contributed by atoms with Gasteiger partial charge in [-0.3, -0.25) is 4.79 Å². The monoisotopic (exact) mass is 596 g/mol. The van der Waals surface area contributed by atoms with Crippen molar-refractivity contribution in [2.24, 2.45) is 0 Å². The number of phenolic OH excluding ortho intramolecular Hbond substituents is 3. The second-order valence-corrected chi connectivity index (χ2v) is 9.81. The molecule has 228 valence electrons. The number of aliphatic hydroxyl groups is 7. The molecule has 9 atom stereocenters. The number of aromatic hydroxyl groups is 3. The van der Waals surface area contributed by atoms with Crippen molar-refractivity contribution >= 4 is 11.0 Å². The molecule has 16 heteroatoms. The van der Waals surface area contributed by atoms with Gasteiger partial charge in [0.15, 0.2) is 16.9 Å². The van der Waals surface area contributed by atoms with Crippen LogP contribution >= 0.6 is 0 Å². The molecular weight excluding hydrogens is 568 g/mol. The first-order valence-corrected chi connectivity index (χ1v) is 12.6. The van der Waals surface area contributed by atoms with Crippen molar-refractivity contribution < 1.29 is 74.4 Å². The van der Waals surface area contributed by atoms with Crippen LogP contribution in [0, 0.1) is 0 Å². The average Bonchev–Trinajstić information content (AvgIpc) is 2.94. The highest BCUT2D eigenvalue weighted by molar-refractivity contribution is 5.86. The number of ether oxygens (including phenoxy) is 4. The van der Waals surface area contributed by atoms with E-state index in [1.165, 1.54) is 0 Å². The Balaban J connectivity index is 1.52. The molecule has 3 aromatic rings. The fourth-order valence-electron chi connectivity index (χ4n) is 4.60. The number of benzene rings is 2. The molecule has 1 aromatic heterocycles. The third-order valence-electron chi connectivity index (χ3n) is 6.92. The lowest BCUT2D eigenvalue weighted by Gasteiger charge is -2.39. The Bertz CT molecular complexity index is 1500. The van der Waals surface area contributed by atoms with Gasteiger partial charge in [0.2, 0.25) is 12.6 Å². The SMILES string of the molecule is O=c1cc(-c2cc(O)c(O)cc2O[C@@H]2OC[C@@H](O)[C@H](O)C2O)oc2cc(O[C@@H]3OC(CO)[C@@H](O)[C@H](O)C3O)cc(O)c12. The summed E-state index contributed by atoms with van der Waals surface area (Å²) >= 11 is 0. The smallest absolute Gasteiger partial charge is 0.229 e. The van der Waals surface area contributed by atoms with Gasteiger partial charge in [-0.1, -0.05) is 0 Å². The second kappa shape index (κ2) is 11.5. The zero-order valence-corrected chi connectivity index (χ0v) is 21.4. The predicted octanol–water partition coefficient (Wildman–Crippen LogP) is -2.43. The Morgan fingerprint density at radius 3 is 2.17 bits per heavy atom. The van der Waals surface area contributed by atoms with E-state index < -0.39 is 91.2 Å². The molecule has 0 spiro atoms. The topological polar surface area (TPSA) is 269 Å². The average molecular weight is 596 g/mol. The summed E-state index contributed by atoms with van der Waals surface area (Å²) in [6, 6.07) is 4.98. The Morgan fingerprint density at radius 2 is 1.45 bits per heavy atom. The van der Waals surface area contributed by atoms with Gasteiger partial charge in [-0.2, -0.15) is 0 Å². The highest BCUT2D eigenvalue weighted by atomic mass is 16.7. The van der Waals surface area contributed by atoms with Crippen molar-refractivity contribution in [3.8, 4) is 40.1 Å². The maximum atomic E-state index is 13.0. The summed E-state index contributed by atoms with van der Waals surface area (Å²) in [5.41, 5.74) is -1.18. The van der Waals surface area contributed by atoms with Crippen molar-refractivity contribution in [1.29, 1.82) is 0 Å². The van der Waals surface area contributed by atoms with Gasteiger partial charge < -0.3 is 74.4 Å². The number of aliphatic hydroxyl groups excluding tert-OH is 7. The van der Waals surface area contributed by atoms with Crippen LogP contribution in [-0.2, 0) is 9.47 Å². The number of phenols is 3. The van der Waals surface area contributed by atoms with Crippen LogP contribution in [0.2, 0.25) is 0 Å². The summed E-state index contributed by atoms with van der Waals surface area (Å²) in [5, 5.41) is 100. The van der Waals surface area contributed by atoms with Gasteiger partial charge in [0.1, 0.15) is 76.7 Å². The van der Waals surface area contributed by atoms with Gasteiger partial charge in [-0.25, -0.2) is 0 Å². The molecule has 2 aromatic carbocycles. The fourth-order valence-corrected chi connectivity index (χ4v) is 4.60. The molecule has 2 aliphatic heterocycles. The van der Waals surface area contributed by atoms with Crippen LogP contribution in [0.5, 0.6) is 28.7 Å². The van der Waals surface area contributed by atoms with Crippen LogP contribution in [-0.4, -0.2) is 120 Å². The minimum Gasteiger partial charge on any atom is -0.507 e. The van der Waals surface area contributed by atoms with Crippen LogP contribution in [0.3, 0.4) is 0 Å². The highest BCUT2D eigenvalue weighted by Gasteiger charge is 2.45. The normalized spacial score (nSPS) is 31.6. The summed E-state index contributed by atoms with van der Waals surface area (Å²) in [7, 11) is 0. The zero-order valence-electron chi connectivity index (χ0n) is 21.4. The van der Waals surface area contributed by atoms with Crippen molar-refractivity contribution in [3.63, 3.8) is 0 Å². The van der Waals surface area contributed by atoms with Crippen LogP contribution in [0.15, 0.2) is 39.5 Å². The summed E-state index contributed by atoms with van der Waals surface area (Å²) in [6.07, 6.45) is -14.3. The molecule has 3 unspecified atom stereocenters. The summed E-state index contributed by atoms with van der Waals surface area (Å²) in [6.45, 7) is -1.11. The summed E-state index contributed by atoms with van der Waals surface area (Å²) in [5.74, 6) is -2.69. The van der Waals surface area contributed by atoms with E-state index in [0.717, 1.165) is 30.3 Å². The Labute approximate surface area is 235 Å². The van der Waals surface area contributed by atoms with Gasteiger partial charge in [0.05, 0.1) is 18.8 Å². The molecule has 0 bridgehead atoms. The second-order valence-electron chi connectivity index (χ2n) is 9.81. The Hall–Kier alpha value is -3.71. The van der Waals surface area contributed by atoms with E-state index in [4.69, 9.17) is 23.4 Å². The van der Waals surface area contributed by atoms with E-state index >= 15 is 0 Å². The molecule has 16 nitrogen and oxygen atoms in total. The molecule has 0 amide bonds. The number of hydrogen-bond acceptors (Lipinski definition) is 16. The largest absolute Gasteiger partial charge is 0.507 e. The molecule has 0 radical (unpaired) electrons. The summed E-state index contributed by atoms with van der Waals surface area (Å²) in [4.78, 5) is 13.0. The first-order valence-electron chi connectivity index (χ1n) is 12.6. The van der Waals surface area contributed by atoms with Crippen LogP contribution in [0.1, 0.15) is 0 Å². The number of rotatable bonds is 6. The molecular formula is C26H28O16. The standard InChI is InChI=1S/C26H28O16/c27-6-18-21(34)22(35)24(37)26(42-18)39-8-1-12(30)19-13(31)5-15(40-17(19)2-8)9-3-10(28)11(29)4-16(9)41-25-23(36)20(33)14(32)7-38-25/h1-5,14,18,20-30,32-37H,6-7H2/t14-,18?,20+,21-,22+,23?,24?,25+,26-/m1/s1. The van der Waals surface area contributed by atoms with E-state index in [2.05, 4.69) is 0 Å². The van der Waals surface area contributed by atoms with Crippen LogP contribution < -0.4 is 14.9 Å². The van der Waals surface area contributed by atoms with E-state index in [1.807, 2.05) is 0 Å². The lowest BCUT2D eigenvalue weighted by molar-refractivity contribution is -0.277. The highest BCUT2D eigenvalue weighted by Crippen LogP contribution is 2.41. The molecule has 5 rings (SSSR count). The summed E-state index contributed by atoms with van der Waals surface area (Å²) < 4.78 is 27.4. The van der Waals surface area contributed by atoms with E-state index in [1.54, 1.807) is 0 Å². The quantitative estimate of drug-likeness (QED) is 0.133. The molecule has 0 aliphatic carbocycles. The maximum Gasteiger partial charge on any atom is 0.229 e. The van der Waals surface area contributed by atoms with Gasteiger partial charge in [-0.15, -0.1) is 0 Å². The van der Waals surface area contributed by atoms with Crippen molar-refractivity contribution in [1.82, 2.24) is 0 Å². The van der Waals surface area contributed by atoms with E-state index in [-0.39, 0.29) is 33.8 Å². The first kappa shape index (κ1) is 29.8. The van der Waals surface area contributed by atoms with Crippen LogP contribution in [0.25, 0.3) is 22.3 Å².